The van der Waals surface area contributed by atoms with Crippen LogP contribution < -0.4 is 4.90 Å². The largest absolute Gasteiger partial charge is 0.481 e. The highest BCUT2D eigenvalue weighted by Crippen LogP contribution is 2.47. The van der Waals surface area contributed by atoms with Gasteiger partial charge in [-0.1, -0.05) is 68.5 Å². The van der Waals surface area contributed by atoms with Crippen LogP contribution in [0, 0.1) is 0 Å². The molecular formula is C43H61N2O9+. The smallest absolute Gasteiger partial charge is 0.305 e. The topological polar surface area (TPSA) is 108 Å². The number of methoxy groups -OCH3 is 1. The number of hydrogen-bond donors (Lipinski definition) is 1. The summed E-state index contributed by atoms with van der Waals surface area (Å²) in [5, 5.41) is 8.62. The van der Waals surface area contributed by atoms with E-state index < -0.39 is 5.97 Å². The highest BCUT2D eigenvalue weighted by atomic mass is 16.6. The van der Waals surface area contributed by atoms with Crippen LogP contribution >= 0.6 is 0 Å². The van der Waals surface area contributed by atoms with Crippen LogP contribution in [0.4, 0.5) is 11.4 Å². The molecule has 11 heteroatoms. The molecule has 2 heterocycles. The van der Waals surface area contributed by atoms with Crippen molar-refractivity contribution in [3.05, 3.63) is 95.7 Å². The standard InChI is InChI=1S/C43H60N2O9/c1-42(2)35-13-9-11-15-37(35)44(20-23-50-28-31-52-26-25-48-5)39(42)17-7-6-8-18-40-43(3,4)36-14-10-12-16-38(36)45(40)21-24-51-29-32-54-34-33-53-30-27-49-22-19-41(46)47/h6-18H,19-34H2,1-5H3/p+1. The van der Waals surface area contributed by atoms with Crippen molar-refractivity contribution in [2.45, 2.75) is 44.9 Å². The van der Waals surface area contributed by atoms with Crippen molar-refractivity contribution in [1.82, 2.24) is 0 Å². The van der Waals surface area contributed by atoms with E-state index in [2.05, 4.69) is 116 Å². The van der Waals surface area contributed by atoms with E-state index in [1.807, 2.05) is 0 Å². The Labute approximate surface area is 321 Å². The number of carboxylic acids is 1. The van der Waals surface area contributed by atoms with Crippen LogP contribution in [-0.2, 0) is 48.8 Å². The van der Waals surface area contributed by atoms with Crippen LogP contribution in [0.2, 0.25) is 0 Å². The Morgan fingerprint density at radius 1 is 0.667 bits per heavy atom. The first-order chi connectivity index (χ1) is 26.2. The van der Waals surface area contributed by atoms with Gasteiger partial charge in [-0.05, 0) is 31.6 Å². The summed E-state index contributed by atoms with van der Waals surface area (Å²) in [6.45, 7) is 16.9. The van der Waals surface area contributed by atoms with Crippen LogP contribution in [0.15, 0.2) is 84.6 Å². The normalized spacial score (nSPS) is 16.7. The molecule has 0 atom stereocenters. The second kappa shape index (κ2) is 22.6. The summed E-state index contributed by atoms with van der Waals surface area (Å²) in [5.74, 6) is -0.869. The number of para-hydroxylation sites is 2. The summed E-state index contributed by atoms with van der Waals surface area (Å²) >= 11 is 0. The zero-order valence-electron chi connectivity index (χ0n) is 32.9. The van der Waals surface area contributed by atoms with Gasteiger partial charge in [0.2, 0.25) is 5.69 Å². The number of carboxylic acid groups (broad SMARTS) is 1. The molecule has 0 radical (unpaired) electrons. The highest BCUT2D eigenvalue weighted by Gasteiger charge is 2.44. The zero-order valence-corrected chi connectivity index (χ0v) is 32.9. The third-order valence-electron chi connectivity index (χ3n) is 9.63. The van der Waals surface area contributed by atoms with Crippen LogP contribution in [0.3, 0.4) is 0 Å². The second-order valence-electron chi connectivity index (χ2n) is 14.1. The average Bonchev–Trinajstić information content (AvgIpc) is 3.50. The Kier molecular flexibility index (Phi) is 18.0. The lowest BCUT2D eigenvalue weighted by Crippen LogP contribution is -2.29. The molecule has 0 saturated carbocycles. The van der Waals surface area contributed by atoms with E-state index in [-0.39, 0.29) is 23.9 Å². The summed E-state index contributed by atoms with van der Waals surface area (Å²) in [6, 6.07) is 17.2. The predicted molar refractivity (Wildman–Crippen MR) is 211 cm³/mol. The molecule has 1 N–H and O–H groups in total. The van der Waals surface area contributed by atoms with E-state index in [0.717, 1.165) is 13.1 Å². The third kappa shape index (κ3) is 12.4. The van der Waals surface area contributed by atoms with Crippen molar-refractivity contribution in [1.29, 1.82) is 0 Å². The molecule has 54 heavy (non-hydrogen) atoms. The van der Waals surface area contributed by atoms with Crippen LogP contribution in [0.25, 0.3) is 0 Å². The molecule has 2 aromatic carbocycles. The number of benzene rings is 2. The minimum atomic E-state index is -0.869. The van der Waals surface area contributed by atoms with Gasteiger partial charge >= 0.3 is 5.97 Å². The fourth-order valence-electron chi connectivity index (χ4n) is 6.82. The van der Waals surface area contributed by atoms with Gasteiger partial charge in [0.25, 0.3) is 0 Å². The van der Waals surface area contributed by atoms with Crippen LogP contribution in [-0.4, -0.2) is 127 Å². The Morgan fingerprint density at radius 3 is 1.87 bits per heavy atom. The SMILES string of the molecule is COCCOCCOCCN1C(=CC=CC=CC2=[N+](CCOCCOCCOCCOCCC(=O)O)c3ccccc3C2(C)C)C(C)(C)c2ccccc21. The molecule has 2 aliphatic heterocycles. The molecular weight excluding hydrogens is 688 g/mol. The minimum Gasteiger partial charge on any atom is -0.481 e. The Balaban J connectivity index is 1.31. The molecule has 0 amide bonds. The van der Waals surface area contributed by atoms with Gasteiger partial charge in [-0.3, -0.25) is 4.79 Å². The van der Waals surface area contributed by atoms with Crippen molar-refractivity contribution in [3.8, 4) is 0 Å². The Bertz CT molecular complexity index is 1580. The first-order valence-corrected chi connectivity index (χ1v) is 19.0. The van der Waals surface area contributed by atoms with Crippen molar-refractivity contribution >= 4 is 23.1 Å². The average molecular weight is 750 g/mol. The quantitative estimate of drug-likeness (QED) is 0.0657. The summed E-state index contributed by atoms with van der Waals surface area (Å²) < 4.78 is 41.2. The maximum atomic E-state index is 10.5. The number of allylic oxidation sites excluding steroid dienone is 6. The van der Waals surface area contributed by atoms with E-state index in [1.54, 1.807) is 7.11 Å². The number of hydrogen-bond acceptors (Lipinski definition) is 9. The van der Waals surface area contributed by atoms with Crippen LogP contribution in [0.5, 0.6) is 0 Å². The maximum absolute atomic E-state index is 10.5. The number of nitrogens with zero attached hydrogens (tertiary/aromatic N) is 2. The van der Waals surface area contributed by atoms with Gasteiger partial charge in [0.1, 0.15) is 6.61 Å². The van der Waals surface area contributed by atoms with Gasteiger partial charge in [0, 0.05) is 48.2 Å². The highest BCUT2D eigenvalue weighted by molar-refractivity contribution is 6.03. The van der Waals surface area contributed by atoms with Gasteiger partial charge in [-0.15, -0.1) is 0 Å². The number of rotatable bonds is 27. The molecule has 0 aromatic heterocycles. The molecule has 2 aliphatic rings. The molecule has 0 fully saturated rings. The number of ether oxygens (including phenoxy) is 7. The summed E-state index contributed by atoms with van der Waals surface area (Å²) in [5.41, 5.74) is 7.22. The van der Waals surface area contributed by atoms with Gasteiger partial charge in [0.15, 0.2) is 12.3 Å². The summed E-state index contributed by atoms with van der Waals surface area (Å²) in [6.07, 6.45) is 10.9. The second-order valence-corrected chi connectivity index (χ2v) is 14.1. The molecule has 0 spiro atoms. The van der Waals surface area contributed by atoms with E-state index in [1.165, 1.54) is 33.9 Å². The lowest BCUT2D eigenvalue weighted by Gasteiger charge is -2.27. The van der Waals surface area contributed by atoms with Crippen LogP contribution in [0.1, 0.15) is 45.2 Å². The molecule has 296 valence electrons. The Morgan fingerprint density at radius 2 is 1.22 bits per heavy atom. The van der Waals surface area contributed by atoms with Crippen molar-refractivity contribution in [2.75, 3.05) is 111 Å². The predicted octanol–water partition coefficient (Wildman–Crippen LogP) is 6.08. The molecule has 0 aliphatic carbocycles. The zero-order chi connectivity index (χ0) is 38.7. The number of aliphatic carboxylic acids is 1. The summed E-state index contributed by atoms with van der Waals surface area (Å²) in [7, 11) is 1.67. The van der Waals surface area contributed by atoms with Gasteiger partial charge < -0.3 is 43.2 Å². The lowest BCUT2D eigenvalue weighted by atomic mass is 9.81. The maximum Gasteiger partial charge on any atom is 0.305 e. The third-order valence-corrected chi connectivity index (χ3v) is 9.63. The number of fused-ring (bicyclic) bond motifs is 2. The van der Waals surface area contributed by atoms with Crippen molar-refractivity contribution < 1.29 is 47.6 Å². The van der Waals surface area contributed by atoms with Gasteiger partial charge in [0.05, 0.1) is 91.1 Å². The van der Waals surface area contributed by atoms with Gasteiger partial charge in [-0.25, -0.2) is 0 Å². The van der Waals surface area contributed by atoms with Crippen molar-refractivity contribution in [3.63, 3.8) is 0 Å². The molecule has 0 saturated heterocycles. The number of anilines is 1. The molecule has 0 unspecified atom stereocenters. The molecule has 4 rings (SSSR count). The molecule has 0 bridgehead atoms. The van der Waals surface area contributed by atoms with E-state index >= 15 is 0 Å². The van der Waals surface area contributed by atoms with E-state index in [4.69, 9.17) is 38.3 Å². The van der Waals surface area contributed by atoms with E-state index in [9.17, 15) is 4.79 Å². The Hall–Kier alpha value is -3.68. The monoisotopic (exact) mass is 749 g/mol. The molecule has 11 nitrogen and oxygen atoms in total. The fourth-order valence-corrected chi connectivity index (χ4v) is 6.82. The first kappa shape index (κ1) is 43.1. The number of carbonyl (C=O) groups is 1. The van der Waals surface area contributed by atoms with Gasteiger partial charge in [-0.2, -0.15) is 4.58 Å². The lowest BCUT2D eigenvalue weighted by molar-refractivity contribution is -0.442. The summed E-state index contributed by atoms with van der Waals surface area (Å²) in [4.78, 5) is 12.9. The molecule has 2 aromatic rings. The fraction of sp³-hybridized carbons (Fsp3) is 0.535. The minimum absolute atomic E-state index is 0.00266. The van der Waals surface area contributed by atoms with Crippen molar-refractivity contribution in [2.24, 2.45) is 0 Å². The first-order valence-electron chi connectivity index (χ1n) is 19.0. The van der Waals surface area contributed by atoms with E-state index in [0.29, 0.717) is 79.3 Å².